The molecule has 0 amide bonds. The number of benzene rings is 9. The van der Waals surface area contributed by atoms with Crippen LogP contribution in [0.4, 0.5) is 0 Å². The second kappa shape index (κ2) is 26.4. The molecule has 0 heterocycles. The van der Waals surface area contributed by atoms with Gasteiger partial charge in [-0.3, -0.25) is 0 Å². The molecule has 85 heavy (non-hydrogen) atoms. The molecule has 0 aliphatic heterocycles. The summed E-state index contributed by atoms with van der Waals surface area (Å²) in [6.45, 7) is 18.7. The van der Waals surface area contributed by atoms with E-state index < -0.39 is 0 Å². The van der Waals surface area contributed by atoms with Gasteiger partial charge in [0, 0.05) is 17.8 Å². The quantitative estimate of drug-likeness (QED) is 0.133. The monoisotopic (exact) mass is 1130 g/mol. The van der Waals surface area contributed by atoms with E-state index in [1.807, 2.05) is 0 Å². The molecule has 6 heteroatoms. The lowest BCUT2D eigenvalue weighted by atomic mass is 9.69. The van der Waals surface area contributed by atoms with E-state index in [9.17, 15) is 15.3 Å². The third kappa shape index (κ3) is 15.6. The Balaban J connectivity index is 0.000000152. The maximum atomic E-state index is 9.76. The maximum absolute atomic E-state index is 9.76. The molecule has 3 N–H and O–H groups in total. The highest BCUT2D eigenvalue weighted by atomic mass is 16.5. The molecule has 3 aliphatic carbocycles. The number of hydrogen-bond acceptors (Lipinski definition) is 6. The van der Waals surface area contributed by atoms with E-state index in [4.69, 9.17) is 14.2 Å². The van der Waals surface area contributed by atoms with E-state index in [0.717, 1.165) is 55.8 Å². The van der Waals surface area contributed by atoms with Gasteiger partial charge in [-0.15, -0.1) is 0 Å². The molecule has 0 bridgehead atoms. The molecule has 9 aromatic rings. The lowest BCUT2D eigenvalue weighted by Gasteiger charge is -2.35. The average molecular weight is 1130 g/mol. The molecule has 12 rings (SSSR count). The first-order valence-corrected chi connectivity index (χ1v) is 30.2. The fourth-order valence-electron chi connectivity index (χ4n) is 13.1. The van der Waals surface area contributed by atoms with E-state index in [-0.39, 0.29) is 42.0 Å². The van der Waals surface area contributed by atoms with Crippen molar-refractivity contribution in [2.24, 2.45) is 0 Å². The summed E-state index contributed by atoms with van der Waals surface area (Å²) in [6, 6.07) is 75.2. The van der Waals surface area contributed by atoms with Crippen LogP contribution >= 0.6 is 0 Å². The lowest BCUT2D eigenvalue weighted by Crippen LogP contribution is -2.24. The smallest absolute Gasteiger partial charge is 0.120 e. The van der Waals surface area contributed by atoms with Crippen molar-refractivity contribution in [3.8, 4) is 34.5 Å². The maximum Gasteiger partial charge on any atom is 0.120 e. The van der Waals surface area contributed by atoms with Gasteiger partial charge in [0.05, 0.1) is 0 Å². The van der Waals surface area contributed by atoms with Crippen LogP contribution in [0, 0.1) is 0 Å². The number of rotatable bonds is 9. The van der Waals surface area contributed by atoms with Gasteiger partial charge in [-0.2, -0.15) is 0 Å². The lowest BCUT2D eigenvalue weighted by molar-refractivity contribution is 0.130. The van der Waals surface area contributed by atoms with Crippen LogP contribution in [0.2, 0.25) is 0 Å². The summed E-state index contributed by atoms with van der Waals surface area (Å²) in [7, 11) is 0. The van der Waals surface area contributed by atoms with Crippen LogP contribution < -0.4 is 14.2 Å². The van der Waals surface area contributed by atoms with Gasteiger partial charge in [-0.25, -0.2) is 0 Å². The molecule has 0 aromatic heterocycles. The molecule has 0 spiro atoms. The Bertz CT molecular complexity index is 3190. The summed E-state index contributed by atoms with van der Waals surface area (Å²) in [4.78, 5) is 0. The van der Waals surface area contributed by atoms with Gasteiger partial charge in [-0.1, -0.05) is 153 Å². The summed E-state index contributed by atoms with van der Waals surface area (Å²) >= 11 is 0. The topological polar surface area (TPSA) is 88.4 Å². The first-order valence-electron chi connectivity index (χ1n) is 30.2. The second-order valence-corrected chi connectivity index (χ2v) is 26.1. The van der Waals surface area contributed by atoms with E-state index in [0.29, 0.717) is 35.0 Å². The van der Waals surface area contributed by atoms with Crippen LogP contribution in [-0.2, 0) is 19.3 Å². The van der Waals surface area contributed by atoms with Gasteiger partial charge in [0.25, 0.3) is 0 Å². The zero-order valence-corrected chi connectivity index (χ0v) is 50.6. The normalized spacial score (nSPS) is 18.9. The highest BCUT2D eigenvalue weighted by Gasteiger charge is 2.36. The van der Waals surface area contributed by atoms with E-state index >= 15 is 0 Å². The molecule has 0 fully saturated rings. The molecule has 440 valence electrons. The van der Waals surface area contributed by atoms with E-state index in [1.165, 1.54) is 66.8 Å². The number of aryl methyl sites for hydroxylation is 3. The number of hydrogen-bond donors (Lipinski definition) is 3. The molecular weight excluding hydrogens is 1040 g/mol. The first-order chi connectivity index (χ1) is 40.2. The van der Waals surface area contributed by atoms with E-state index in [1.54, 1.807) is 36.4 Å². The Morgan fingerprint density at radius 1 is 0.294 bits per heavy atom. The summed E-state index contributed by atoms with van der Waals surface area (Å²) in [5.74, 6) is 5.84. The van der Waals surface area contributed by atoms with Crippen molar-refractivity contribution in [1.82, 2.24) is 0 Å². The second-order valence-electron chi connectivity index (χ2n) is 26.1. The molecule has 6 atom stereocenters. The van der Waals surface area contributed by atoms with Crippen LogP contribution in [0.3, 0.4) is 0 Å². The fourth-order valence-corrected chi connectivity index (χ4v) is 13.1. The van der Waals surface area contributed by atoms with Gasteiger partial charge in [0.2, 0.25) is 0 Å². The van der Waals surface area contributed by atoms with Crippen LogP contribution in [0.5, 0.6) is 34.5 Å². The average Bonchev–Trinajstić information content (AvgIpc) is 1.61. The van der Waals surface area contributed by atoms with Crippen LogP contribution in [0.15, 0.2) is 218 Å². The Labute approximate surface area is 507 Å². The largest absolute Gasteiger partial charge is 0.508 e. The standard InChI is InChI=1S/3C26H28O2.CH4/c3*1-26(2,3)28-22-14-16-24-20(17-22)11-15-23(18-7-5-4-6-8-18)25(24)19-9-12-21(27)13-10-19;/h3*4-10,12-14,16-17,23,25,27H,11,15H2,1-3H3;1H4/t3*23-,25+;/m110./s1. The predicted molar refractivity (Wildman–Crippen MR) is 350 cm³/mol. The Hall–Kier alpha value is -8.22. The fraction of sp³-hybridized carbons (Fsp3) is 0.316. The van der Waals surface area contributed by atoms with Gasteiger partial charge in [0.15, 0.2) is 0 Å². The van der Waals surface area contributed by atoms with Gasteiger partial charge in [0.1, 0.15) is 51.3 Å². The predicted octanol–water partition coefficient (Wildman–Crippen LogP) is 19.9. The van der Waals surface area contributed by atoms with E-state index in [2.05, 4.69) is 244 Å². The van der Waals surface area contributed by atoms with Crippen molar-refractivity contribution in [2.75, 3.05) is 0 Å². The number of aromatic hydroxyl groups is 3. The minimum absolute atomic E-state index is 0. The van der Waals surface area contributed by atoms with Crippen molar-refractivity contribution in [3.05, 3.63) is 285 Å². The van der Waals surface area contributed by atoms with Crippen molar-refractivity contribution in [3.63, 3.8) is 0 Å². The SMILES string of the molecule is C.CC(C)(C)Oc1ccc2c(c1)CC[C@@H](c1ccccc1)[C@H]2c1ccc(O)cc1.CC(C)(C)Oc1ccc2c(c1)CC[C@H](c1ccccc1)[C@@H]2c1ccc(O)cc1.CC(C)(C)Oc1ccc2c(c1)CC[C@H](c1ccccc1)[C@@H]2c1ccc(O)cc1. The van der Waals surface area contributed by atoms with Crippen molar-refractivity contribution >= 4 is 0 Å². The van der Waals surface area contributed by atoms with Crippen molar-refractivity contribution < 1.29 is 29.5 Å². The van der Waals surface area contributed by atoms with Gasteiger partial charge < -0.3 is 29.5 Å². The molecule has 3 aliphatic rings. The third-order valence-corrected chi connectivity index (χ3v) is 16.4. The minimum atomic E-state index is -0.203. The summed E-state index contributed by atoms with van der Waals surface area (Å²) in [5, 5.41) is 29.3. The molecule has 0 unspecified atom stereocenters. The van der Waals surface area contributed by atoms with Gasteiger partial charge >= 0.3 is 0 Å². The molecule has 0 saturated heterocycles. The Morgan fingerprint density at radius 2 is 0.529 bits per heavy atom. The van der Waals surface area contributed by atoms with Gasteiger partial charge in [-0.05, 0) is 258 Å². The zero-order valence-electron chi connectivity index (χ0n) is 50.6. The van der Waals surface area contributed by atoms with Crippen LogP contribution in [0.1, 0.15) is 191 Å². The highest BCUT2D eigenvalue weighted by Crippen LogP contribution is 2.50. The number of fused-ring (bicyclic) bond motifs is 3. The Kier molecular flexibility index (Phi) is 19.0. The molecular formula is C79H88O6. The zero-order chi connectivity index (χ0) is 59.2. The minimum Gasteiger partial charge on any atom is -0.508 e. The molecule has 0 saturated carbocycles. The van der Waals surface area contributed by atoms with Crippen LogP contribution in [0.25, 0.3) is 0 Å². The van der Waals surface area contributed by atoms with Crippen LogP contribution in [-0.4, -0.2) is 32.1 Å². The number of phenols is 3. The Morgan fingerprint density at radius 3 is 0.753 bits per heavy atom. The molecule has 6 nitrogen and oxygen atoms in total. The summed E-state index contributed by atoms with van der Waals surface area (Å²) < 4.78 is 18.3. The highest BCUT2D eigenvalue weighted by molar-refractivity contribution is 5.52. The molecule has 9 aromatic carbocycles. The number of ether oxygens (including phenoxy) is 3. The molecule has 0 radical (unpaired) electrons. The third-order valence-electron chi connectivity index (χ3n) is 16.4. The summed E-state index contributed by atoms with van der Waals surface area (Å²) in [6.07, 6.45) is 6.44. The van der Waals surface area contributed by atoms with Crippen molar-refractivity contribution in [2.45, 2.75) is 161 Å². The summed E-state index contributed by atoms with van der Waals surface area (Å²) in [5.41, 5.74) is 15.5. The van der Waals surface area contributed by atoms with Crippen molar-refractivity contribution in [1.29, 1.82) is 0 Å². The first kappa shape index (κ1) is 61.3. The number of phenolic OH excluding ortho intramolecular Hbond substituents is 3.